The third-order valence-electron chi connectivity index (χ3n) is 3.96. The number of rotatable bonds is 15. The molecule has 0 spiro atoms. The van der Waals surface area contributed by atoms with Gasteiger partial charge in [0, 0.05) is 12.2 Å². The van der Waals surface area contributed by atoms with E-state index in [1.165, 1.54) is 24.3 Å². The number of aromatic nitrogens is 3. The van der Waals surface area contributed by atoms with Gasteiger partial charge in [-0.15, -0.1) is 0 Å². The molecule has 2 N–H and O–H groups in total. The van der Waals surface area contributed by atoms with Crippen molar-refractivity contribution >= 4 is 69.7 Å². The Balaban J connectivity index is 0.00000722. The molecule has 0 fully saturated rings. The summed E-state index contributed by atoms with van der Waals surface area (Å²) >= 11 is 5.85. The number of anilines is 3. The molecule has 2 aromatic rings. The van der Waals surface area contributed by atoms with Crippen LogP contribution in [-0.4, -0.2) is 94.7 Å². The van der Waals surface area contributed by atoms with Crippen LogP contribution in [-0.2, 0) is 48.8 Å². The van der Waals surface area contributed by atoms with Gasteiger partial charge in [0.1, 0.15) is 0 Å². The second-order valence-corrected chi connectivity index (χ2v) is 13.6. The Morgan fingerprint density at radius 2 is 1.36 bits per heavy atom. The van der Waals surface area contributed by atoms with Crippen molar-refractivity contribution in [1.82, 2.24) is 15.0 Å². The predicted octanol–water partition coefficient (Wildman–Crippen LogP) is -7.17. The molecule has 0 saturated heterocycles. The van der Waals surface area contributed by atoms with Crippen molar-refractivity contribution in [2.45, 2.75) is 4.90 Å². The van der Waals surface area contributed by atoms with Gasteiger partial charge < -0.3 is 19.7 Å². The van der Waals surface area contributed by atoms with Crippen molar-refractivity contribution in [2.75, 3.05) is 47.7 Å². The van der Waals surface area contributed by atoms with E-state index in [1.54, 1.807) is 0 Å². The molecular formula is C15H18ClN5Na2O12S4. The van der Waals surface area contributed by atoms with Crippen LogP contribution in [0.5, 0.6) is 0 Å². The van der Waals surface area contributed by atoms with Crippen LogP contribution in [0.4, 0.5) is 17.6 Å². The predicted molar refractivity (Wildman–Crippen MR) is 125 cm³/mol. The van der Waals surface area contributed by atoms with Crippen molar-refractivity contribution < 1.29 is 110 Å². The van der Waals surface area contributed by atoms with Crippen LogP contribution in [0.15, 0.2) is 29.2 Å². The van der Waals surface area contributed by atoms with Gasteiger partial charge >= 0.3 is 59.1 Å². The monoisotopic (exact) mass is 669 g/mol. The first-order valence-electron chi connectivity index (χ1n) is 9.60. The number of nitrogens with zero attached hydrogens (tertiary/aromatic N) is 3. The topological polar surface area (TPSA) is 264 Å². The normalized spacial score (nSPS) is 12.2. The SMILES string of the molecule is O=S(=O)(CCNc1nc(Cl)nc(Nc2cccc(S(=O)(=O)CCOS(=O)(=O)[O-])c2)n1)CCOS(=O)(=O)[O-].[Na+].[Na+]. The summed E-state index contributed by atoms with van der Waals surface area (Å²) in [7, 11) is -17.9. The molecule has 17 nitrogen and oxygen atoms in total. The molecule has 0 unspecified atom stereocenters. The molecule has 0 aliphatic heterocycles. The number of nitrogens with one attached hydrogen (secondary N) is 2. The second kappa shape index (κ2) is 16.4. The van der Waals surface area contributed by atoms with Crippen LogP contribution < -0.4 is 69.7 Å². The zero-order valence-corrected chi connectivity index (χ0v) is 28.3. The van der Waals surface area contributed by atoms with E-state index in [1.807, 2.05) is 0 Å². The van der Waals surface area contributed by atoms with Crippen LogP contribution in [0.25, 0.3) is 0 Å². The summed E-state index contributed by atoms with van der Waals surface area (Å²) in [5.74, 6) is -2.33. The summed E-state index contributed by atoms with van der Waals surface area (Å²) in [6.45, 7) is -1.94. The van der Waals surface area contributed by atoms with Crippen molar-refractivity contribution in [1.29, 1.82) is 0 Å². The van der Waals surface area contributed by atoms with Gasteiger partial charge in [0.2, 0.25) is 38.0 Å². The van der Waals surface area contributed by atoms with E-state index in [4.69, 9.17) is 11.6 Å². The Hall–Kier alpha value is -0.240. The smallest absolute Gasteiger partial charge is 0.726 e. The zero-order chi connectivity index (χ0) is 27.9. The van der Waals surface area contributed by atoms with E-state index in [0.29, 0.717) is 0 Å². The number of sulfone groups is 2. The molecule has 1 aromatic carbocycles. The molecule has 0 bridgehead atoms. The molecular weight excluding hydrogens is 652 g/mol. The number of hydrogen-bond donors (Lipinski definition) is 2. The molecule has 2 rings (SSSR count). The third-order valence-corrected chi connectivity index (χ3v) is 8.33. The van der Waals surface area contributed by atoms with Gasteiger partial charge in [-0.1, -0.05) is 6.07 Å². The standard InChI is InChI=1S/C15H20ClN5O12S4.2Na/c16-13-19-14(17-4-7-34(22,23)8-5-32-36(26,27)28)21-15(20-13)18-11-2-1-3-12(10-11)35(24,25)9-6-33-37(29,30)31;;/h1-3,10H,4-9H2,(H,26,27,28)(H,29,30,31)(H2,17,18,19,20,21);;/q;2*+1/p-2. The zero-order valence-electron chi connectivity index (χ0n) is 20.3. The van der Waals surface area contributed by atoms with E-state index < -0.39 is 70.9 Å². The maximum atomic E-state index is 12.4. The van der Waals surface area contributed by atoms with Gasteiger partial charge in [0.15, 0.2) is 19.7 Å². The minimum Gasteiger partial charge on any atom is -0.726 e. The average molecular weight is 670 g/mol. The van der Waals surface area contributed by atoms with Crippen LogP contribution in [0.2, 0.25) is 5.28 Å². The van der Waals surface area contributed by atoms with E-state index >= 15 is 0 Å². The second-order valence-electron chi connectivity index (χ2n) is 6.76. The van der Waals surface area contributed by atoms with Crippen LogP contribution in [0.1, 0.15) is 0 Å². The average Bonchev–Trinajstić information content (AvgIpc) is 2.71. The minimum absolute atomic E-state index is 0. The van der Waals surface area contributed by atoms with Crippen LogP contribution >= 0.6 is 11.6 Å². The Bertz CT molecular complexity index is 1540. The Labute approximate surface area is 274 Å². The summed E-state index contributed by atoms with van der Waals surface area (Å²) < 4.78 is 119. The Morgan fingerprint density at radius 1 is 0.795 bits per heavy atom. The summed E-state index contributed by atoms with van der Waals surface area (Å²) in [5.41, 5.74) is 0.169. The third kappa shape index (κ3) is 16.1. The van der Waals surface area contributed by atoms with E-state index in [9.17, 15) is 42.8 Å². The molecule has 0 atom stereocenters. The summed E-state index contributed by atoms with van der Waals surface area (Å²) in [6.07, 6.45) is 0. The fraction of sp³-hybridized carbons (Fsp3) is 0.400. The van der Waals surface area contributed by atoms with Gasteiger partial charge in [-0.3, -0.25) is 8.37 Å². The Kier molecular flexibility index (Phi) is 16.3. The van der Waals surface area contributed by atoms with Gasteiger partial charge in [-0.05, 0) is 29.8 Å². The van der Waals surface area contributed by atoms with E-state index in [2.05, 4.69) is 34.0 Å². The molecule has 0 aliphatic rings. The van der Waals surface area contributed by atoms with Crippen molar-refractivity contribution in [3.8, 4) is 0 Å². The van der Waals surface area contributed by atoms with Gasteiger partial charge in [-0.25, -0.2) is 33.7 Å². The first kappa shape index (κ1) is 38.8. The maximum absolute atomic E-state index is 12.4. The van der Waals surface area contributed by atoms with Crippen LogP contribution in [0, 0.1) is 0 Å². The van der Waals surface area contributed by atoms with Crippen molar-refractivity contribution in [3.63, 3.8) is 0 Å². The molecule has 24 heteroatoms. The van der Waals surface area contributed by atoms with Gasteiger partial charge in [0.05, 0.1) is 35.4 Å². The fourth-order valence-corrected chi connectivity index (χ4v) is 5.46. The molecule has 0 saturated carbocycles. The molecule has 1 heterocycles. The maximum Gasteiger partial charge on any atom is 1.00 e. The molecule has 0 radical (unpaired) electrons. The first-order valence-corrected chi connectivity index (χ1v) is 16.1. The summed E-state index contributed by atoms with van der Waals surface area (Å²) in [4.78, 5) is 11.3. The molecule has 208 valence electrons. The van der Waals surface area contributed by atoms with Crippen molar-refractivity contribution in [2.24, 2.45) is 0 Å². The van der Waals surface area contributed by atoms with E-state index in [0.717, 1.165) is 0 Å². The van der Waals surface area contributed by atoms with Gasteiger partial charge in [0.25, 0.3) is 0 Å². The number of halogens is 1. The quantitative estimate of drug-likeness (QED) is 0.101. The van der Waals surface area contributed by atoms with Gasteiger partial charge in [-0.2, -0.15) is 15.0 Å². The molecule has 0 amide bonds. The number of hydrogen-bond acceptors (Lipinski definition) is 17. The first-order chi connectivity index (χ1) is 16.9. The minimum atomic E-state index is -5.05. The summed E-state index contributed by atoms with van der Waals surface area (Å²) in [5, 5.41) is 4.94. The largest absolute Gasteiger partial charge is 1.00 e. The molecule has 1 aromatic heterocycles. The summed E-state index contributed by atoms with van der Waals surface area (Å²) in [6, 6.07) is 5.19. The van der Waals surface area contributed by atoms with E-state index in [-0.39, 0.29) is 93.4 Å². The van der Waals surface area contributed by atoms with Crippen LogP contribution in [0.3, 0.4) is 0 Å². The van der Waals surface area contributed by atoms with Crippen molar-refractivity contribution in [3.05, 3.63) is 29.5 Å². The fourth-order valence-electron chi connectivity index (χ4n) is 2.43. The molecule has 39 heavy (non-hydrogen) atoms. The Morgan fingerprint density at radius 3 is 1.95 bits per heavy atom. The number of benzene rings is 1. The molecule has 0 aliphatic carbocycles.